The standard InChI is InChI=1S/C31H32FN3O3/c1-22(2)29-26(21-34(20-25-16-11-19-37-25)30(36)23-12-5-3-6-13-23)31(38-28-18-10-9-17-27(28)32)35(33-29)24-14-7-4-8-15-24/h3-10,12-15,17-18,22,25H,11,16,19-21H2,1-2H3. The van der Waals surface area contributed by atoms with Crippen molar-refractivity contribution in [3.63, 3.8) is 0 Å². The SMILES string of the molecule is CC(C)c1nn(-c2ccccc2)c(Oc2ccccc2F)c1CN(CC1CCCO1)C(=O)c1ccccc1. The van der Waals surface area contributed by atoms with Gasteiger partial charge in [0.2, 0.25) is 5.88 Å². The highest BCUT2D eigenvalue weighted by molar-refractivity contribution is 5.94. The molecular formula is C31H32FN3O3. The van der Waals surface area contributed by atoms with Gasteiger partial charge < -0.3 is 14.4 Å². The van der Waals surface area contributed by atoms with E-state index in [4.69, 9.17) is 14.6 Å². The molecule has 2 heterocycles. The summed E-state index contributed by atoms with van der Waals surface area (Å²) in [4.78, 5) is 15.6. The molecule has 0 radical (unpaired) electrons. The summed E-state index contributed by atoms with van der Waals surface area (Å²) in [7, 11) is 0. The Kier molecular flexibility index (Phi) is 7.84. The summed E-state index contributed by atoms with van der Waals surface area (Å²) >= 11 is 0. The number of nitrogens with zero attached hydrogens (tertiary/aromatic N) is 3. The minimum absolute atomic E-state index is 0.0364. The van der Waals surface area contributed by atoms with Gasteiger partial charge in [0.1, 0.15) is 0 Å². The maximum absolute atomic E-state index is 14.8. The first-order valence-corrected chi connectivity index (χ1v) is 13.1. The Hall–Kier alpha value is -3.97. The minimum Gasteiger partial charge on any atom is -0.435 e. The molecule has 1 aliphatic rings. The second-order valence-electron chi connectivity index (χ2n) is 9.79. The van der Waals surface area contributed by atoms with Gasteiger partial charge in [-0.15, -0.1) is 0 Å². The predicted octanol–water partition coefficient (Wildman–Crippen LogP) is 6.75. The highest BCUT2D eigenvalue weighted by atomic mass is 19.1. The van der Waals surface area contributed by atoms with Gasteiger partial charge in [-0.3, -0.25) is 4.79 Å². The van der Waals surface area contributed by atoms with Crippen LogP contribution >= 0.6 is 0 Å². The fourth-order valence-electron chi connectivity index (χ4n) is 4.75. The third-order valence-electron chi connectivity index (χ3n) is 6.66. The number of carbonyl (C=O) groups is 1. The highest BCUT2D eigenvalue weighted by Gasteiger charge is 2.30. The molecular weight excluding hydrogens is 481 g/mol. The van der Waals surface area contributed by atoms with E-state index >= 15 is 0 Å². The van der Waals surface area contributed by atoms with Gasteiger partial charge in [-0.05, 0) is 55.2 Å². The number of ether oxygens (including phenoxy) is 2. The molecule has 0 spiro atoms. The summed E-state index contributed by atoms with van der Waals surface area (Å²) in [6, 6.07) is 25.2. The van der Waals surface area contributed by atoms with Crippen LogP contribution in [0, 0.1) is 5.82 Å². The average Bonchev–Trinajstić information content (AvgIpc) is 3.58. The number of hydrogen-bond acceptors (Lipinski definition) is 4. The van der Waals surface area contributed by atoms with E-state index in [2.05, 4.69) is 13.8 Å². The lowest BCUT2D eigenvalue weighted by Gasteiger charge is -2.26. The topological polar surface area (TPSA) is 56.6 Å². The van der Waals surface area contributed by atoms with E-state index in [0.29, 0.717) is 24.6 Å². The van der Waals surface area contributed by atoms with Crippen LogP contribution in [0.15, 0.2) is 84.9 Å². The second kappa shape index (κ2) is 11.6. The van der Waals surface area contributed by atoms with Crippen LogP contribution in [0.4, 0.5) is 4.39 Å². The van der Waals surface area contributed by atoms with Crippen LogP contribution in [0.5, 0.6) is 11.6 Å². The number of carbonyl (C=O) groups excluding carboxylic acids is 1. The lowest BCUT2D eigenvalue weighted by Crippen LogP contribution is -2.37. The number of hydrogen-bond donors (Lipinski definition) is 0. The number of halogens is 1. The zero-order chi connectivity index (χ0) is 26.5. The quantitative estimate of drug-likeness (QED) is 0.248. The van der Waals surface area contributed by atoms with Gasteiger partial charge in [0, 0.05) is 18.7 Å². The summed E-state index contributed by atoms with van der Waals surface area (Å²) in [5.41, 5.74) is 2.92. The predicted molar refractivity (Wildman–Crippen MR) is 144 cm³/mol. The van der Waals surface area contributed by atoms with Crippen LogP contribution in [-0.4, -0.2) is 39.8 Å². The van der Waals surface area contributed by atoms with Crippen LogP contribution < -0.4 is 4.74 Å². The molecule has 4 aromatic rings. The molecule has 1 atom stereocenters. The third kappa shape index (κ3) is 5.63. The second-order valence-corrected chi connectivity index (χ2v) is 9.79. The third-order valence-corrected chi connectivity index (χ3v) is 6.66. The molecule has 7 heteroatoms. The van der Waals surface area contributed by atoms with Gasteiger partial charge >= 0.3 is 0 Å². The Bertz CT molecular complexity index is 1370. The van der Waals surface area contributed by atoms with Gasteiger partial charge in [-0.2, -0.15) is 5.10 Å². The van der Waals surface area contributed by atoms with Crippen molar-refractivity contribution in [2.75, 3.05) is 13.2 Å². The number of aromatic nitrogens is 2. The van der Waals surface area contributed by atoms with Crippen LogP contribution in [0.2, 0.25) is 0 Å². The molecule has 3 aromatic carbocycles. The van der Waals surface area contributed by atoms with E-state index in [0.717, 1.165) is 29.8 Å². The van der Waals surface area contributed by atoms with Crippen LogP contribution in [0.25, 0.3) is 5.69 Å². The van der Waals surface area contributed by atoms with Crippen molar-refractivity contribution in [2.24, 2.45) is 0 Å². The number of rotatable bonds is 9. The Morgan fingerprint density at radius 3 is 2.39 bits per heavy atom. The van der Waals surface area contributed by atoms with Crippen LogP contribution in [0.1, 0.15) is 54.2 Å². The Labute approximate surface area is 222 Å². The molecule has 1 aromatic heterocycles. The fourth-order valence-corrected chi connectivity index (χ4v) is 4.75. The maximum Gasteiger partial charge on any atom is 0.254 e. The normalized spacial score (nSPS) is 15.1. The molecule has 0 aliphatic carbocycles. The van der Waals surface area contributed by atoms with E-state index < -0.39 is 5.82 Å². The number of para-hydroxylation sites is 2. The van der Waals surface area contributed by atoms with Crippen molar-refractivity contribution in [1.29, 1.82) is 0 Å². The summed E-state index contributed by atoms with van der Waals surface area (Å²) in [5.74, 6) is -0.0409. The largest absolute Gasteiger partial charge is 0.435 e. The first-order chi connectivity index (χ1) is 18.5. The molecule has 0 saturated carbocycles. The van der Waals surface area contributed by atoms with Gasteiger partial charge in [-0.25, -0.2) is 9.07 Å². The van der Waals surface area contributed by atoms with Gasteiger partial charge in [0.25, 0.3) is 5.91 Å². The van der Waals surface area contributed by atoms with Crippen molar-refractivity contribution >= 4 is 5.91 Å². The van der Waals surface area contributed by atoms with Crippen molar-refractivity contribution in [3.05, 3.63) is 108 Å². The summed E-state index contributed by atoms with van der Waals surface area (Å²) in [6.07, 6.45) is 1.84. The molecule has 1 aliphatic heterocycles. The van der Waals surface area contributed by atoms with E-state index in [1.807, 2.05) is 60.7 Å². The van der Waals surface area contributed by atoms with E-state index in [9.17, 15) is 9.18 Å². The van der Waals surface area contributed by atoms with E-state index in [-0.39, 0.29) is 30.2 Å². The van der Waals surface area contributed by atoms with Gasteiger partial charge in [0.15, 0.2) is 11.6 Å². The fraction of sp³-hybridized carbons (Fsp3) is 0.290. The first kappa shape index (κ1) is 25.7. The van der Waals surface area contributed by atoms with Crippen molar-refractivity contribution in [2.45, 2.75) is 45.3 Å². The smallest absolute Gasteiger partial charge is 0.254 e. The Morgan fingerprint density at radius 1 is 1.05 bits per heavy atom. The van der Waals surface area contributed by atoms with Gasteiger partial charge in [0.05, 0.1) is 29.6 Å². The van der Waals surface area contributed by atoms with E-state index in [1.165, 1.54) is 6.07 Å². The van der Waals surface area contributed by atoms with E-state index in [1.54, 1.807) is 27.8 Å². The lowest BCUT2D eigenvalue weighted by atomic mass is 10.0. The monoisotopic (exact) mass is 513 g/mol. The summed E-state index contributed by atoms with van der Waals surface area (Å²) < 4.78 is 28.6. The maximum atomic E-state index is 14.8. The minimum atomic E-state index is -0.470. The lowest BCUT2D eigenvalue weighted by molar-refractivity contribution is 0.0505. The molecule has 1 saturated heterocycles. The molecule has 1 fully saturated rings. The Morgan fingerprint density at radius 2 is 1.74 bits per heavy atom. The number of benzene rings is 3. The summed E-state index contributed by atoms with van der Waals surface area (Å²) in [6.45, 7) is 5.50. The number of amides is 1. The molecule has 38 heavy (non-hydrogen) atoms. The molecule has 196 valence electrons. The molecule has 0 N–H and O–H groups in total. The molecule has 6 nitrogen and oxygen atoms in total. The van der Waals surface area contributed by atoms with Crippen molar-refractivity contribution in [1.82, 2.24) is 14.7 Å². The van der Waals surface area contributed by atoms with Crippen LogP contribution in [-0.2, 0) is 11.3 Å². The van der Waals surface area contributed by atoms with Crippen LogP contribution in [0.3, 0.4) is 0 Å². The van der Waals surface area contributed by atoms with Crippen molar-refractivity contribution in [3.8, 4) is 17.3 Å². The Balaban J connectivity index is 1.61. The highest BCUT2D eigenvalue weighted by Crippen LogP contribution is 2.36. The summed E-state index contributed by atoms with van der Waals surface area (Å²) in [5, 5.41) is 4.92. The zero-order valence-electron chi connectivity index (χ0n) is 21.7. The molecule has 1 amide bonds. The van der Waals surface area contributed by atoms with Gasteiger partial charge in [-0.1, -0.05) is 62.4 Å². The van der Waals surface area contributed by atoms with Crippen molar-refractivity contribution < 1.29 is 18.7 Å². The average molecular weight is 514 g/mol. The zero-order valence-corrected chi connectivity index (χ0v) is 21.7. The molecule has 5 rings (SSSR count). The molecule has 0 bridgehead atoms. The molecule has 1 unspecified atom stereocenters. The first-order valence-electron chi connectivity index (χ1n) is 13.1.